The van der Waals surface area contributed by atoms with Gasteiger partial charge in [0.1, 0.15) is 12.5 Å². The van der Waals surface area contributed by atoms with Crippen LogP contribution in [0.2, 0.25) is 10.0 Å². The Morgan fingerprint density at radius 1 is 1.28 bits per heavy atom. The average molecular weight is 480 g/mol. The zero-order chi connectivity index (χ0) is 23.8. The highest BCUT2D eigenvalue weighted by Crippen LogP contribution is 2.38. The van der Waals surface area contributed by atoms with Gasteiger partial charge in [-0.1, -0.05) is 37.0 Å². The quantitative estimate of drug-likeness (QED) is 0.238. The van der Waals surface area contributed by atoms with Crippen molar-refractivity contribution in [2.45, 2.75) is 33.1 Å². The summed E-state index contributed by atoms with van der Waals surface area (Å²) < 4.78 is 10.3. The summed E-state index contributed by atoms with van der Waals surface area (Å²) in [5.41, 5.74) is 2.37. The molecule has 0 aliphatic carbocycles. The van der Waals surface area contributed by atoms with Crippen molar-refractivity contribution in [2.24, 2.45) is 5.10 Å². The summed E-state index contributed by atoms with van der Waals surface area (Å²) in [5.74, 6) is -1.45. The molecule has 0 atom stereocenters. The lowest BCUT2D eigenvalue weighted by atomic mass is 10.1. The predicted octanol–water partition coefficient (Wildman–Crippen LogP) is 3.81. The molecule has 32 heavy (non-hydrogen) atoms. The summed E-state index contributed by atoms with van der Waals surface area (Å²) in [6.07, 6.45) is -0.610. The molecule has 0 aliphatic heterocycles. The molecule has 0 spiro atoms. The minimum atomic E-state index is -0.805. The Balaban J connectivity index is 2.20. The fraction of sp³-hybridized carbons (Fsp3) is 0.300. The molecule has 0 amide bonds. The van der Waals surface area contributed by atoms with Gasteiger partial charge in [0, 0.05) is 11.6 Å². The lowest BCUT2D eigenvalue weighted by molar-refractivity contribution is -0.144. The van der Waals surface area contributed by atoms with Crippen LogP contribution < -0.4 is 15.7 Å². The number of ether oxygens (including phenoxy) is 2. The summed E-state index contributed by atoms with van der Waals surface area (Å²) in [7, 11) is 0. The highest BCUT2D eigenvalue weighted by Gasteiger charge is 2.18. The lowest BCUT2D eigenvalue weighted by Gasteiger charge is -2.12. The van der Waals surface area contributed by atoms with E-state index in [0.29, 0.717) is 5.56 Å². The molecule has 0 unspecified atom stereocenters. The van der Waals surface area contributed by atoms with Gasteiger partial charge in [0.2, 0.25) is 17.4 Å². The predicted molar refractivity (Wildman–Crippen MR) is 118 cm³/mol. The average Bonchev–Trinajstić information content (AvgIpc) is 2.72. The number of ketones is 1. The SMILES string of the molecule is CCOC(=O)CC(=O)/C(C#N)=N/Nc1cc(Cl)c(Oc2cc(C(C)C)c(=O)[nH]n2)c(Cl)c1. The maximum absolute atomic E-state index is 12.0. The number of esters is 1. The van der Waals surface area contributed by atoms with Crippen LogP contribution in [0.15, 0.2) is 28.1 Å². The highest BCUT2D eigenvalue weighted by molar-refractivity contribution is 6.48. The number of nitriles is 1. The maximum Gasteiger partial charge on any atom is 0.313 e. The van der Waals surface area contributed by atoms with E-state index < -0.39 is 23.9 Å². The number of aromatic amines is 1. The van der Waals surface area contributed by atoms with Gasteiger partial charge in [-0.05, 0) is 25.0 Å². The highest BCUT2D eigenvalue weighted by atomic mass is 35.5. The number of carbonyl (C=O) groups is 2. The maximum atomic E-state index is 12.0. The molecule has 10 nitrogen and oxygen atoms in total. The smallest absolute Gasteiger partial charge is 0.313 e. The summed E-state index contributed by atoms with van der Waals surface area (Å²) in [6, 6.07) is 5.89. The Morgan fingerprint density at radius 3 is 2.50 bits per heavy atom. The molecule has 2 N–H and O–H groups in total. The van der Waals surface area contributed by atoms with Gasteiger partial charge in [-0.25, -0.2) is 5.10 Å². The number of Topliss-reactive ketones (excluding diaryl/α,β-unsaturated/α-hetero) is 1. The number of anilines is 1. The molecule has 1 aromatic carbocycles. The molecule has 0 aliphatic rings. The molecule has 0 fully saturated rings. The molecule has 0 bridgehead atoms. The Morgan fingerprint density at radius 2 is 1.94 bits per heavy atom. The standard InChI is InChI=1S/C20H19Cl2N5O5/c1-4-31-18(29)8-16(28)15(9-23)25-24-11-5-13(21)19(14(22)6-11)32-17-7-12(10(2)3)20(30)27-26-17/h5-7,10,24H,4,8H2,1-3H3,(H,27,30)/b25-15+. The molecular weight excluding hydrogens is 461 g/mol. The summed E-state index contributed by atoms with van der Waals surface area (Å²) in [6.45, 7) is 5.41. The van der Waals surface area contributed by atoms with Crippen LogP contribution in [-0.2, 0) is 14.3 Å². The Hall–Kier alpha value is -3.42. The van der Waals surface area contributed by atoms with Crippen molar-refractivity contribution in [3.63, 3.8) is 0 Å². The molecular formula is C20H19Cl2N5O5. The van der Waals surface area contributed by atoms with Crippen molar-refractivity contribution in [3.8, 4) is 17.7 Å². The van der Waals surface area contributed by atoms with Gasteiger partial charge in [-0.15, -0.1) is 5.10 Å². The third-order valence-electron chi connectivity index (χ3n) is 3.91. The number of rotatable bonds is 9. The van der Waals surface area contributed by atoms with E-state index in [1.807, 2.05) is 13.8 Å². The molecule has 2 rings (SSSR count). The number of aromatic nitrogens is 2. The van der Waals surface area contributed by atoms with E-state index in [1.165, 1.54) is 18.2 Å². The normalized spacial score (nSPS) is 11.1. The fourth-order valence-electron chi connectivity index (χ4n) is 2.41. The summed E-state index contributed by atoms with van der Waals surface area (Å²) >= 11 is 12.5. The second-order valence-corrected chi connectivity index (χ2v) is 7.42. The van der Waals surface area contributed by atoms with E-state index in [0.717, 1.165) is 0 Å². The number of carbonyl (C=O) groups excluding carboxylic acids is 2. The van der Waals surface area contributed by atoms with Crippen molar-refractivity contribution in [1.82, 2.24) is 10.2 Å². The largest absolute Gasteiger partial charge is 0.466 e. The lowest BCUT2D eigenvalue weighted by Crippen LogP contribution is -2.19. The van der Waals surface area contributed by atoms with Gasteiger partial charge in [0.25, 0.3) is 5.56 Å². The molecule has 0 saturated carbocycles. The van der Waals surface area contributed by atoms with Crippen LogP contribution in [0, 0.1) is 11.3 Å². The molecule has 0 radical (unpaired) electrons. The number of halogens is 2. The molecule has 168 valence electrons. The van der Waals surface area contributed by atoms with Gasteiger partial charge in [0.05, 0.1) is 22.3 Å². The Bertz CT molecular complexity index is 1130. The zero-order valence-corrected chi connectivity index (χ0v) is 18.9. The fourth-order valence-corrected chi connectivity index (χ4v) is 2.97. The summed E-state index contributed by atoms with van der Waals surface area (Å²) in [5, 5.41) is 19.1. The van der Waals surface area contributed by atoms with Crippen molar-refractivity contribution in [2.75, 3.05) is 12.0 Å². The van der Waals surface area contributed by atoms with Crippen molar-refractivity contribution >= 4 is 46.4 Å². The van der Waals surface area contributed by atoms with Gasteiger partial charge in [-0.3, -0.25) is 19.8 Å². The minimum absolute atomic E-state index is 0.0552. The monoisotopic (exact) mass is 479 g/mol. The first-order chi connectivity index (χ1) is 15.2. The number of hydrogen-bond donors (Lipinski definition) is 2. The van der Waals surface area contributed by atoms with Gasteiger partial charge < -0.3 is 9.47 Å². The Kier molecular flexibility index (Phi) is 8.75. The third kappa shape index (κ3) is 6.54. The first-order valence-corrected chi connectivity index (χ1v) is 10.1. The van der Waals surface area contributed by atoms with E-state index in [-0.39, 0.29) is 45.4 Å². The molecule has 2 aromatic rings. The van der Waals surface area contributed by atoms with Crippen LogP contribution in [0.25, 0.3) is 0 Å². The van der Waals surface area contributed by atoms with Gasteiger partial charge >= 0.3 is 5.97 Å². The second-order valence-electron chi connectivity index (χ2n) is 6.61. The second kappa shape index (κ2) is 11.3. The topological polar surface area (TPSA) is 147 Å². The van der Waals surface area contributed by atoms with Crippen LogP contribution in [-0.4, -0.2) is 34.3 Å². The van der Waals surface area contributed by atoms with E-state index in [4.69, 9.17) is 33.2 Å². The van der Waals surface area contributed by atoms with Gasteiger partial charge in [0.15, 0.2) is 5.75 Å². The van der Waals surface area contributed by atoms with Crippen molar-refractivity contribution in [3.05, 3.63) is 44.2 Å². The first kappa shape index (κ1) is 24.8. The van der Waals surface area contributed by atoms with Crippen LogP contribution in [0.3, 0.4) is 0 Å². The number of hydrazone groups is 1. The number of hydrogen-bond acceptors (Lipinski definition) is 9. The van der Waals surface area contributed by atoms with Gasteiger partial charge in [-0.2, -0.15) is 10.4 Å². The van der Waals surface area contributed by atoms with E-state index in [2.05, 4.69) is 25.5 Å². The van der Waals surface area contributed by atoms with Crippen molar-refractivity contribution in [1.29, 1.82) is 5.26 Å². The van der Waals surface area contributed by atoms with E-state index >= 15 is 0 Å². The molecule has 0 saturated heterocycles. The third-order valence-corrected chi connectivity index (χ3v) is 4.47. The number of H-pyrrole nitrogens is 1. The summed E-state index contributed by atoms with van der Waals surface area (Å²) in [4.78, 5) is 35.2. The molecule has 1 aromatic heterocycles. The van der Waals surface area contributed by atoms with E-state index in [9.17, 15) is 14.4 Å². The zero-order valence-electron chi connectivity index (χ0n) is 17.4. The number of nitrogens with one attached hydrogen (secondary N) is 2. The van der Waals surface area contributed by atoms with Crippen LogP contribution in [0.4, 0.5) is 5.69 Å². The Labute approximate surface area is 193 Å². The van der Waals surface area contributed by atoms with Crippen LogP contribution in [0.5, 0.6) is 11.6 Å². The molecule has 1 heterocycles. The number of nitrogens with zero attached hydrogens (tertiary/aromatic N) is 3. The van der Waals surface area contributed by atoms with Crippen LogP contribution >= 0.6 is 23.2 Å². The molecule has 12 heteroatoms. The first-order valence-electron chi connectivity index (χ1n) is 9.35. The number of benzene rings is 1. The van der Waals surface area contributed by atoms with E-state index in [1.54, 1.807) is 13.0 Å². The van der Waals surface area contributed by atoms with Crippen molar-refractivity contribution < 1.29 is 19.1 Å². The van der Waals surface area contributed by atoms with Crippen LogP contribution in [0.1, 0.15) is 38.7 Å². The minimum Gasteiger partial charge on any atom is -0.466 e.